The predicted octanol–water partition coefficient (Wildman–Crippen LogP) is 3.55. The van der Waals surface area contributed by atoms with Crippen molar-refractivity contribution in [1.29, 1.82) is 0 Å². The van der Waals surface area contributed by atoms with Gasteiger partial charge in [0.1, 0.15) is 12.4 Å². The lowest BCUT2D eigenvalue weighted by molar-refractivity contribution is 0.0694. The highest BCUT2D eigenvalue weighted by Crippen LogP contribution is 2.31. The minimum Gasteiger partial charge on any atom is -0.493 e. The number of benzene rings is 1. The highest BCUT2D eigenvalue weighted by molar-refractivity contribution is 5.95. The van der Waals surface area contributed by atoms with Crippen LogP contribution in [0.15, 0.2) is 41.4 Å². The summed E-state index contributed by atoms with van der Waals surface area (Å²) < 4.78 is 18.7. The first-order chi connectivity index (χ1) is 14.6. The van der Waals surface area contributed by atoms with Crippen molar-refractivity contribution in [2.45, 2.75) is 39.3 Å². The Labute approximate surface area is 175 Å². The molecular weight excluding hydrogens is 384 g/mol. The number of methoxy groups -OCH3 is 1. The van der Waals surface area contributed by atoms with Gasteiger partial charge in [-0.25, -0.2) is 4.98 Å². The first kappa shape index (κ1) is 20.0. The van der Waals surface area contributed by atoms with Crippen molar-refractivity contribution in [3.63, 3.8) is 0 Å². The maximum Gasteiger partial charge on any atom is 0.253 e. The second kappa shape index (κ2) is 8.61. The molecule has 4 rings (SSSR count). The number of carbonyl (C=O) groups is 1. The monoisotopic (exact) mass is 410 g/mol. The summed E-state index contributed by atoms with van der Waals surface area (Å²) in [6, 6.07) is 5.71. The average Bonchev–Trinajstić information content (AvgIpc) is 3.42. The molecule has 0 saturated carbocycles. The first-order valence-electron chi connectivity index (χ1n) is 10.1. The molecule has 1 amide bonds. The third-order valence-corrected chi connectivity index (χ3v) is 5.66. The van der Waals surface area contributed by atoms with E-state index in [-0.39, 0.29) is 5.91 Å². The molecule has 8 heteroatoms. The zero-order valence-corrected chi connectivity index (χ0v) is 17.5. The van der Waals surface area contributed by atoms with Crippen LogP contribution in [0.4, 0.5) is 0 Å². The maximum atomic E-state index is 13.0. The number of amides is 1. The van der Waals surface area contributed by atoms with Gasteiger partial charge in [-0.3, -0.25) is 4.79 Å². The number of ether oxygens (including phenoxy) is 2. The lowest BCUT2D eigenvalue weighted by Crippen LogP contribution is -2.38. The third-order valence-electron chi connectivity index (χ3n) is 5.66. The van der Waals surface area contributed by atoms with Crippen LogP contribution in [0.1, 0.15) is 46.3 Å². The molecule has 30 heavy (non-hydrogen) atoms. The summed E-state index contributed by atoms with van der Waals surface area (Å²) in [6.45, 7) is 5.49. The van der Waals surface area contributed by atoms with E-state index >= 15 is 0 Å². The van der Waals surface area contributed by atoms with Gasteiger partial charge in [0.2, 0.25) is 0 Å². The summed E-state index contributed by atoms with van der Waals surface area (Å²) in [5, 5.41) is 3.94. The van der Waals surface area contributed by atoms with Gasteiger partial charge >= 0.3 is 0 Å². The zero-order chi connectivity index (χ0) is 21.1. The second-order valence-electron chi connectivity index (χ2n) is 7.49. The molecule has 0 aliphatic carbocycles. The molecule has 3 aromatic rings. The number of rotatable bonds is 6. The number of hydrogen-bond acceptors (Lipinski definition) is 6. The Balaban J connectivity index is 1.41. The van der Waals surface area contributed by atoms with Gasteiger partial charge in [-0.1, -0.05) is 5.16 Å². The number of piperidine rings is 1. The summed E-state index contributed by atoms with van der Waals surface area (Å²) >= 11 is 0. The summed E-state index contributed by atoms with van der Waals surface area (Å²) in [5.74, 6) is 1.85. The Morgan fingerprint density at radius 3 is 2.67 bits per heavy atom. The summed E-state index contributed by atoms with van der Waals surface area (Å²) in [4.78, 5) is 19.0. The fourth-order valence-corrected chi connectivity index (χ4v) is 3.81. The second-order valence-corrected chi connectivity index (χ2v) is 7.49. The smallest absolute Gasteiger partial charge is 0.253 e. The van der Waals surface area contributed by atoms with Gasteiger partial charge in [0.05, 0.1) is 24.7 Å². The van der Waals surface area contributed by atoms with E-state index in [1.807, 2.05) is 31.3 Å². The SMILES string of the molecule is COc1cc(C(=O)N2CCC(n3ccnc3)CC2)ccc1OCc1c(C)noc1C. The van der Waals surface area contributed by atoms with Gasteiger partial charge in [0, 0.05) is 37.1 Å². The molecule has 158 valence electrons. The number of likely N-dealkylation sites (tertiary alicyclic amines) is 1. The Bertz CT molecular complexity index is 985. The number of carbonyl (C=O) groups excluding carboxylic acids is 1. The van der Waals surface area contributed by atoms with Crippen molar-refractivity contribution in [2.75, 3.05) is 20.2 Å². The molecule has 0 bridgehead atoms. The van der Waals surface area contributed by atoms with E-state index in [9.17, 15) is 4.79 Å². The molecule has 0 N–H and O–H groups in total. The van der Waals surface area contributed by atoms with Crippen LogP contribution in [0.25, 0.3) is 0 Å². The maximum absolute atomic E-state index is 13.0. The van der Waals surface area contributed by atoms with E-state index in [4.69, 9.17) is 14.0 Å². The predicted molar refractivity (Wildman–Crippen MR) is 110 cm³/mol. The molecule has 1 fully saturated rings. The molecule has 0 atom stereocenters. The molecule has 2 aromatic heterocycles. The molecular formula is C22H26N4O4. The highest BCUT2D eigenvalue weighted by Gasteiger charge is 2.25. The van der Waals surface area contributed by atoms with E-state index in [1.54, 1.807) is 31.5 Å². The minimum absolute atomic E-state index is 0.00894. The van der Waals surface area contributed by atoms with Gasteiger partial charge < -0.3 is 23.5 Å². The van der Waals surface area contributed by atoms with Crippen molar-refractivity contribution in [2.24, 2.45) is 0 Å². The Morgan fingerprint density at radius 2 is 2.03 bits per heavy atom. The lowest BCUT2D eigenvalue weighted by Gasteiger charge is -2.32. The molecule has 0 unspecified atom stereocenters. The topological polar surface area (TPSA) is 82.6 Å². The molecule has 1 aliphatic rings. The molecule has 8 nitrogen and oxygen atoms in total. The summed E-state index contributed by atoms with van der Waals surface area (Å²) in [7, 11) is 1.57. The van der Waals surface area contributed by atoms with Crippen molar-refractivity contribution >= 4 is 5.91 Å². The Hall–Kier alpha value is -3.29. The summed E-state index contributed by atoms with van der Waals surface area (Å²) in [6.07, 6.45) is 7.44. The van der Waals surface area contributed by atoms with Crippen LogP contribution < -0.4 is 9.47 Å². The Kier molecular flexibility index (Phi) is 5.74. The fourth-order valence-electron chi connectivity index (χ4n) is 3.81. The minimum atomic E-state index is 0.00894. The van der Waals surface area contributed by atoms with Crippen LogP contribution in [-0.2, 0) is 6.61 Å². The van der Waals surface area contributed by atoms with E-state index < -0.39 is 0 Å². The number of nitrogens with zero attached hydrogens (tertiary/aromatic N) is 4. The number of aromatic nitrogens is 3. The van der Waals surface area contributed by atoms with Crippen LogP contribution >= 0.6 is 0 Å². The van der Waals surface area contributed by atoms with E-state index in [1.165, 1.54) is 0 Å². The van der Waals surface area contributed by atoms with Crippen molar-refractivity contribution < 1.29 is 18.8 Å². The Morgan fingerprint density at radius 1 is 1.23 bits per heavy atom. The quantitative estimate of drug-likeness (QED) is 0.618. The van der Waals surface area contributed by atoms with E-state index in [2.05, 4.69) is 14.7 Å². The van der Waals surface area contributed by atoms with Gasteiger partial charge in [-0.05, 0) is 44.9 Å². The van der Waals surface area contributed by atoms with Crippen molar-refractivity contribution in [1.82, 2.24) is 19.6 Å². The van der Waals surface area contributed by atoms with Crippen LogP contribution in [0, 0.1) is 13.8 Å². The van der Waals surface area contributed by atoms with E-state index in [0.717, 1.165) is 29.9 Å². The van der Waals surface area contributed by atoms with Gasteiger partial charge in [0.15, 0.2) is 11.5 Å². The van der Waals surface area contributed by atoms with Crippen LogP contribution in [-0.4, -0.2) is 45.7 Å². The van der Waals surface area contributed by atoms with Crippen LogP contribution in [0.5, 0.6) is 11.5 Å². The number of imidazole rings is 1. The molecule has 1 aromatic carbocycles. The fraction of sp³-hybridized carbons (Fsp3) is 0.409. The lowest BCUT2D eigenvalue weighted by atomic mass is 10.0. The molecule has 0 radical (unpaired) electrons. The van der Waals surface area contributed by atoms with Crippen LogP contribution in [0.2, 0.25) is 0 Å². The molecule has 1 aliphatic heterocycles. The zero-order valence-electron chi connectivity index (χ0n) is 17.5. The normalized spacial score (nSPS) is 14.7. The van der Waals surface area contributed by atoms with Crippen molar-refractivity contribution in [3.8, 4) is 11.5 Å². The van der Waals surface area contributed by atoms with E-state index in [0.29, 0.717) is 42.8 Å². The van der Waals surface area contributed by atoms with Crippen molar-refractivity contribution in [3.05, 3.63) is 59.5 Å². The molecule has 3 heterocycles. The molecule has 0 spiro atoms. The largest absolute Gasteiger partial charge is 0.493 e. The molecule has 1 saturated heterocycles. The third kappa shape index (κ3) is 4.03. The number of hydrogen-bond donors (Lipinski definition) is 0. The summed E-state index contributed by atoms with van der Waals surface area (Å²) in [5.41, 5.74) is 2.31. The van der Waals surface area contributed by atoms with Gasteiger partial charge in [-0.15, -0.1) is 0 Å². The van der Waals surface area contributed by atoms with Gasteiger partial charge in [-0.2, -0.15) is 0 Å². The average molecular weight is 410 g/mol. The van der Waals surface area contributed by atoms with Crippen LogP contribution in [0.3, 0.4) is 0 Å². The van der Waals surface area contributed by atoms with Gasteiger partial charge in [0.25, 0.3) is 5.91 Å². The standard InChI is InChI=1S/C22H26N4O4/c1-15-19(16(2)30-24-15)13-29-20-5-4-17(12-21(20)28-3)22(27)25-9-6-18(7-10-25)26-11-8-23-14-26/h4-5,8,11-12,14,18H,6-7,9-10,13H2,1-3H3. The first-order valence-corrected chi connectivity index (χ1v) is 10.1. The highest BCUT2D eigenvalue weighted by atomic mass is 16.5. The number of aryl methyl sites for hydroxylation is 2.